The summed E-state index contributed by atoms with van der Waals surface area (Å²) in [6.45, 7) is 4.02. The molecule has 1 unspecified atom stereocenters. The molecule has 0 aliphatic carbocycles. The number of rotatable bonds is 5. The summed E-state index contributed by atoms with van der Waals surface area (Å²) in [5.41, 5.74) is 0.170. The normalized spacial score (nSPS) is 15.8. The fraction of sp³-hybridized carbons (Fsp3) is 0.381. The number of benzene rings is 1. The fourth-order valence-corrected chi connectivity index (χ4v) is 3.53. The van der Waals surface area contributed by atoms with Gasteiger partial charge in [-0.25, -0.2) is 9.18 Å². The van der Waals surface area contributed by atoms with Crippen LogP contribution in [-0.2, 0) is 11.3 Å². The zero-order chi connectivity index (χ0) is 21.0. The Hall–Kier alpha value is -2.71. The Morgan fingerprint density at radius 2 is 2.10 bits per heavy atom. The number of nitrogens with zero attached hydrogens (tertiary/aromatic N) is 1. The number of ether oxygens (including phenoxy) is 1. The lowest BCUT2D eigenvalue weighted by Gasteiger charge is -2.23. The molecule has 0 spiro atoms. The number of carbonyl (C=O) groups is 2. The van der Waals surface area contributed by atoms with Gasteiger partial charge < -0.3 is 19.9 Å². The van der Waals surface area contributed by atoms with Crippen LogP contribution in [-0.4, -0.2) is 36.6 Å². The molecule has 1 fully saturated rings. The minimum absolute atomic E-state index is 0. The number of hydrogen-bond acceptors (Lipinski definition) is 5. The Morgan fingerprint density at radius 1 is 1.33 bits per heavy atom. The van der Waals surface area contributed by atoms with Gasteiger partial charge in [-0.2, -0.15) is 0 Å². The van der Waals surface area contributed by atoms with Crippen LogP contribution < -0.4 is 16.2 Å². The molecule has 2 aromatic rings. The fourth-order valence-electron chi connectivity index (χ4n) is 3.53. The third kappa shape index (κ3) is 5.46. The van der Waals surface area contributed by atoms with Crippen molar-refractivity contribution in [3.8, 4) is 0 Å². The van der Waals surface area contributed by atoms with Gasteiger partial charge in [0.2, 0.25) is 0 Å². The minimum Gasteiger partial charge on any atom is -0.465 e. The smallest absolute Gasteiger partial charge is 0.338 e. The number of piperidine rings is 1. The summed E-state index contributed by atoms with van der Waals surface area (Å²) in [4.78, 5) is 37.4. The van der Waals surface area contributed by atoms with Gasteiger partial charge in [-0.15, -0.1) is 12.4 Å². The third-order valence-corrected chi connectivity index (χ3v) is 5.03. The van der Waals surface area contributed by atoms with Gasteiger partial charge in [0, 0.05) is 18.4 Å². The third-order valence-electron chi connectivity index (χ3n) is 5.03. The number of carbonyl (C=O) groups excluding carboxylic acids is 2. The second-order valence-corrected chi connectivity index (χ2v) is 7.22. The lowest BCUT2D eigenvalue weighted by Crippen LogP contribution is -2.36. The first-order valence-electron chi connectivity index (χ1n) is 9.50. The first kappa shape index (κ1) is 23.6. The maximum atomic E-state index is 13.8. The number of anilines is 1. The average Bonchev–Trinajstić information content (AvgIpc) is 2.70. The molecular weight excluding hydrogens is 413 g/mol. The number of halogens is 2. The molecular formula is C21H25ClFN3O4. The van der Waals surface area contributed by atoms with E-state index in [1.54, 1.807) is 23.8 Å². The second kappa shape index (κ2) is 10.4. The molecule has 1 aromatic carbocycles. The largest absolute Gasteiger partial charge is 0.465 e. The van der Waals surface area contributed by atoms with Crippen LogP contribution in [0.2, 0.25) is 0 Å². The van der Waals surface area contributed by atoms with E-state index in [0.717, 1.165) is 38.1 Å². The highest BCUT2D eigenvalue weighted by molar-refractivity contribution is 6.05. The van der Waals surface area contributed by atoms with E-state index in [0.29, 0.717) is 18.0 Å². The molecule has 0 bridgehead atoms. The van der Waals surface area contributed by atoms with E-state index in [2.05, 4.69) is 15.4 Å². The number of amides is 1. The highest BCUT2D eigenvalue weighted by atomic mass is 35.5. The molecule has 2 heterocycles. The van der Waals surface area contributed by atoms with E-state index in [4.69, 9.17) is 0 Å². The van der Waals surface area contributed by atoms with Crippen molar-refractivity contribution >= 4 is 30.0 Å². The number of aromatic nitrogens is 1. The van der Waals surface area contributed by atoms with Crippen molar-refractivity contribution < 1.29 is 18.7 Å². The van der Waals surface area contributed by atoms with Gasteiger partial charge in [-0.1, -0.05) is 0 Å². The highest BCUT2D eigenvalue weighted by Crippen LogP contribution is 2.17. The number of hydrogen-bond donors (Lipinski definition) is 2. The molecule has 162 valence electrons. The minimum atomic E-state index is -0.723. The summed E-state index contributed by atoms with van der Waals surface area (Å²) in [7, 11) is 1.18. The number of pyridine rings is 1. The van der Waals surface area contributed by atoms with Gasteiger partial charge in [-0.05, 0) is 68.6 Å². The standard InChI is InChI=1S/C21H24FN3O4.ClH/c1-13-5-7-25(12-14-4-3-6-23-11-14)20(27)18(13)19(26)24-17-9-15(21(28)29-2)8-16(22)10-17;/h5,7-10,14,23H,3-4,6,11-12H2,1-2H3,(H,24,26);1H. The highest BCUT2D eigenvalue weighted by Gasteiger charge is 2.20. The molecule has 7 nitrogen and oxygen atoms in total. The van der Waals surface area contributed by atoms with Crippen molar-refractivity contribution in [3.05, 3.63) is 63.3 Å². The molecule has 0 saturated carbocycles. The van der Waals surface area contributed by atoms with Crippen LogP contribution >= 0.6 is 12.4 Å². The van der Waals surface area contributed by atoms with Crippen molar-refractivity contribution in [1.29, 1.82) is 0 Å². The Labute approximate surface area is 180 Å². The van der Waals surface area contributed by atoms with Gasteiger partial charge >= 0.3 is 5.97 Å². The first-order valence-corrected chi connectivity index (χ1v) is 9.50. The van der Waals surface area contributed by atoms with Gasteiger partial charge in [0.05, 0.1) is 12.7 Å². The summed E-state index contributed by atoms with van der Waals surface area (Å²) in [6.07, 6.45) is 3.77. The number of aryl methyl sites for hydroxylation is 1. The van der Waals surface area contributed by atoms with E-state index in [-0.39, 0.29) is 29.2 Å². The van der Waals surface area contributed by atoms with Crippen molar-refractivity contribution in [1.82, 2.24) is 9.88 Å². The summed E-state index contributed by atoms with van der Waals surface area (Å²) >= 11 is 0. The molecule has 0 radical (unpaired) electrons. The zero-order valence-corrected chi connectivity index (χ0v) is 17.7. The number of nitrogens with one attached hydrogen (secondary N) is 2. The van der Waals surface area contributed by atoms with Gasteiger partial charge in [-0.3, -0.25) is 9.59 Å². The van der Waals surface area contributed by atoms with Crippen LogP contribution in [0.15, 0.2) is 35.3 Å². The summed E-state index contributed by atoms with van der Waals surface area (Å²) in [5, 5.41) is 5.83. The number of esters is 1. The monoisotopic (exact) mass is 437 g/mol. The molecule has 9 heteroatoms. The molecule has 30 heavy (non-hydrogen) atoms. The molecule has 1 aliphatic rings. The Bertz CT molecular complexity index is 987. The van der Waals surface area contributed by atoms with Crippen molar-refractivity contribution in [2.45, 2.75) is 26.3 Å². The van der Waals surface area contributed by atoms with Crippen LogP contribution in [0.3, 0.4) is 0 Å². The molecule has 1 atom stereocenters. The maximum Gasteiger partial charge on any atom is 0.338 e. The van der Waals surface area contributed by atoms with Crippen LogP contribution in [0.1, 0.15) is 39.1 Å². The molecule has 1 aromatic heterocycles. The van der Waals surface area contributed by atoms with Gasteiger partial charge in [0.15, 0.2) is 0 Å². The molecule has 1 amide bonds. The number of methoxy groups -OCH3 is 1. The topological polar surface area (TPSA) is 89.4 Å². The molecule has 3 rings (SSSR count). The quantitative estimate of drug-likeness (QED) is 0.702. The van der Waals surface area contributed by atoms with E-state index >= 15 is 0 Å². The predicted molar refractivity (Wildman–Crippen MR) is 114 cm³/mol. The molecule has 2 N–H and O–H groups in total. The summed E-state index contributed by atoms with van der Waals surface area (Å²) in [5.74, 6) is -1.74. The van der Waals surface area contributed by atoms with E-state index < -0.39 is 23.3 Å². The SMILES string of the molecule is COC(=O)c1cc(F)cc(NC(=O)c2c(C)ccn(CC3CCCNC3)c2=O)c1.Cl. The van der Waals surface area contributed by atoms with E-state index in [1.165, 1.54) is 13.2 Å². The van der Waals surface area contributed by atoms with Crippen LogP contribution in [0.25, 0.3) is 0 Å². The van der Waals surface area contributed by atoms with Gasteiger partial charge in [0.25, 0.3) is 11.5 Å². The zero-order valence-electron chi connectivity index (χ0n) is 16.9. The van der Waals surface area contributed by atoms with Crippen molar-refractivity contribution in [3.63, 3.8) is 0 Å². The Kier molecular flexibility index (Phi) is 8.14. The lowest BCUT2D eigenvalue weighted by molar-refractivity contribution is 0.0600. The van der Waals surface area contributed by atoms with Crippen molar-refractivity contribution in [2.24, 2.45) is 5.92 Å². The summed E-state index contributed by atoms with van der Waals surface area (Å²) in [6, 6.07) is 5.12. The van der Waals surface area contributed by atoms with E-state index in [9.17, 15) is 18.8 Å². The first-order chi connectivity index (χ1) is 13.9. The maximum absolute atomic E-state index is 13.8. The lowest BCUT2D eigenvalue weighted by atomic mass is 9.99. The van der Waals surface area contributed by atoms with Crippen LogP contribution in [0.4, 0.5) is 10.1 Å². The molecule has 1 saturated heterocycles. The second-order valence-electron chi connectivity index (χ2n) is 7.22. The van der Waals surface area contributed by atoms with Crippen LogP contribution in [0, 0.1) is 18.7 Å². The predicted octanol–water partition coefficient (Wildman–Crippen LogP) is 2.76. The van der Waals surface area contributed by atoms with Crippen LogP contribution in [0.5, 0.6) is 0 Å². The van der Waals surface area contributed by atoms with E-state index in [1.807, 2.05) is 0 Å². The Morgan fingerprint density at radius 3 is 2.77 bits per heavy atom. The summed E-state index contributed by atoms with van der Waals surface area (Å²) < 4.78 is 20.0. The van der Waals surface area contributed by atoms with Gasteiger partial charge in [0.1, 0.15) is 11.4 Å². The average molecular weight is 438 g/mol. The Balaban J connectivity index is 0.00000320. The van der Waals surface area contributed by atoms with Crippen molar-refractivity contribution in [2.75, 3.05) is 25.5 Å². The molecule has 1 aliphatic heterocycles.